The number of ketones is 1. The molecule has 0 saturated carbocycles. The summed E-state index contributed by atoms with van der Waals surface area (Å²) in [5.74, 6) is 1.44. The molecule has 134 valence electrons. The van der Waals surface area contributed by atoms with Gasteiger partial charge in [0, 0.05) is 6.07 Å². The van der Waals surface area contributed by atoms with Crippen LogP contribution in [0.5, 0.6) is 11.5 Å². The Morgan fingerprint density at radius 1 is 1.08 bits per heavy atom. The van der Waals surface area contributed by atoms with Crippen LogP contribution >= 0.6 is 15.9 Å². The number of amides is 1. The molecule has 0 atom stereocenters. The van der Waals surface area contributed by atoms with Crippen LogP contribution in [0.4, 0.5) is 5.69 Å². The van der Waals surface area contributed by atoms with Gasteiger partial charge in [0.1, 0.15) is 11.5 Å². The van der Waals surface area contributed by atoms with E-state index in [1.807, 2.05) is 19.9 Å². The molecule has 0 saturated heterocycles. The highest BCUT2D eigenvalue weighted by Crippen LogP contribution is 2.30. The Kier molecular flexibility index (Phi) is 8.82. The molecule has 0 radical (unpaired) electrons. The van der Waals surface area contributed by atoms with Crippen LogP contribution in [0, 0.1) is 11.8 Å². The maximum absolute atomic E-state index is 12.0. The van der Waals surface area contributed by atoms with E-state index < -0.39 is 0 Å². The maximum atomic E-state index is 12.0. The van der Waals surface area contributed by atoms with E-state index in [4.69, 9.17) is 9.47 Å². The second-order valence-electron chi connectivity index (χ2n) is 6.46. The van der Waals surface area contributed by atoms with Gasteiger partial charge in [-0.1, -0.05) is 43.6 Å². The van der Waals surface area contributed by atoms with Crippen molar-refractivity contribution in [1.82, 2.24) is 0 Å². The number of carbonyl (C=O) groups excluding carboxylic acids is 2. The molecule has 6 heteroatoms. The Labute approximate surface area is 152 Å². The van der Waals surface area contributed by atoms with Crippen molar-refractivity contribution in [2.45, 2.75) is 34.1 Å². The summed E-state index contributed by atoms with van der Waals surface area (Å²) in [5, 5.41) is 2.90. The molecule has 0 spiro atoms. The standard InChI is InChI=1S/C18H26BrNO4/c1-12(2)10-23-15-5-6-17(24-11-13(3)4)16(8-15)20-18(22)7-14(21)9-19/h5-6,8,12-13H,7,9-11H2,1-4H3,(H,20,22). The predicted octanol–water partition coefficient (Wildman–Crippen LogP) is 4.05. The smallest absolute Gasteiger partial charge is 0.231 e. The lowest BCUT2D eigenvalue weighted by Gasteiger charge is -2.16. The van der Waals surface area contributed by atoms with Crippen LogP contribution in [0.2, 0.25) is 0 Å². The highest BCUT2D eigenvalue weighted by Gasteiger charge is 2.13. The van der Waals surface area contributed by atoms with Gasteiger partial charge in [0.15, 0.2) is 5.78 Å². The van der Waals surface area contributed by atoms with Crippen LogP contribution in [-0.2, 0) is 9.59 Å². The van der Waals surface area contributed by atoms with Crippen LogP contribution in [0.3, 0.4) is 0 Å². The third-order valence-corrected chi connectivity index (χ3v) is 3.51. The minimum atomic E-state index is -0.366. The minimum Gasteiger partial charge on any atom is -0.493 e. The number of anilines is 1. The van der Waals surface area contributed by atoms with Crippen molar-refractivity contribution in [3.8, 4) is 11.5 Å². The van der Waals surface area contributed by atoms with Gasteiger partial charge in [-0.15, -0.1) is 0 Å². The van der Waals surface area contributed by atoms with E-state index in [0.717, 1.165) is 0 Å². The van der Waals surface area contributed by atoms with Crippen molar-refractivity contribution < 1.29 is 19.1 Å². The van der Waals surface area contributed by atoms with Crippen LogP contribution in [0.25, 0.3) is 0 Å². The lowest BCUT2D eigenvalue weighted by molar-refractivity contribution is -0.123. The average Bonchev–Trinajstić information content (AvgIpc) is 2.51. The number of alkyl halides is 1. The molecule has 1 aromatic carbocycles. The van der Waals surface area contributed by atoms with E-state index in [-0.39, 0.29) is 23.4 Å². The molecule has 1 N–H and O–H groups in total. The molecule has 5 nitrogen and oxygen atoms in total. The van der Waals surface area contributed by atoms with Crippen molar-refractivity contribution in [2.75, 3.05) is 23.9 Å². The molecule has 0 aliphatic carbocycles. The highest BCUT2D eigenvalue weighted by molar-refractivity contribution is 9.09. The first-order chi connectivity index (χ1) is 11.3. The Morgan fingerprint density at radius 3 is 2.29 bits per heavy atom. The topological polar surface area (TPSA) is 64.6 Å². The third kappa shape index (κ3) is 7.81. The van der Waals surface area contributed by atoms with Gasteiger partial charge in [-0.25, -0.2) is 0 Å². The number of hydrogen-bond acceptors (Lipinski definition) is 4. The Morgan fingerprint density at radius 2 is 1.71 bits per heavy atom. The van der Waals surface area contributed by atoms with Crippen molar-refractivity contribution in [3.05, 3.63) is 18.2 Å². The van der Waals surface area contributed by atoms with E-state index in [1.165, 1.54) is 0 Å². The first-order valence-corrected chi connectivity index (χ1v) is 9.21. The van der Waals surface area contributed by atoms with Gasteiger partial charge in [0.05, 0.1) is 30.7 Å². The molecular formula is C18H26BrNO4. The average molecular weight is 400 g/mol. The van der Waals surface area contributed by atoms with Crippen molar-refractivity contribution in [2.24, 2.45) is 11.8 Å². The number of nitrogens with one attached hydrogen (secondary N) is 1. The van der Waals surface area contributed by atoms with Crippen LogP contribution in [0.1, 0.15) is 34.1 Å². The summed E-state index contributed by atoms with van der Waals surface area (Å²) in [4.78, 5) is 23.4. The summed E-state index contributed by atoms with van der Waals surface area (Å²) in [6, 6.07) is 5.33. The fraction of sp³-hybridized carbons (Fsp3) is 0.556. The number of hydrogen-bond donors (Lipinski definition) is 1. The van der Waals surface area contributed by atoms with Crippen LogP contribution < -0.4 is 14.8 Å². The van der Waals surface area contributed by atoms with Gasteiger partial charge in [-0.3, -0.25) is 9.59 Å². The second kappa shape index (κ2) is 10.3. The molecule has 0 unspecified atom stereocenters. The lowest BCUT2D eigenvalue weighted by atomic mass is 10.2. The molecule has 1 rings (SSSR count). The zero-order valence-electron chi connectivity index (χ0n) is 14.7. The normalized spacial score (nSPS) is 10.8. The van der Waals surface area contributed by atoms with Crippen LogP contribution in [-0.4, -0.2) is 30.2 Å². The Hall–Kier alpha value is -1.56. The first kappa shape index (κ1) is 20.5. The molecule has 0 aliphatic heterocycles. The van der Waals surface area contributed by atoms with Crippen molar-refractivity contribution in [3.63, 3.8) is 0 Å². The quantitative estimate of drug-likeness (QED) is 0.476. The van der Waals surface area contributed by atoms with Gasteiger partial charge in [0.25, 0.3) is 0 Å². The van der Waals surface area contributed by atoms with Crippen LogP contribution in [0.15, 0.2) is 18.2 Å². The summed E-state index contributed by atoms with van der Waals surface area (Å²) in [5.41, 5.74) is 0.518. The summed E-state index contributed by atoms with van der Waals surface area (Å²) in [7, 11) is 0. The summed E-state index contributed by atoms with van der Waals surface area (Å²) >= 11 is 3.06. The van der Waals surface area contributed by atoms with Gasteiger partial charge >= 0.3 is 0 Å². The summed E-state index contributed by atoms with van der Waals surface area (Å²) in [6.07, 6.45) is -0.175. The molecule has 1 amide bonds. The van der Waals surface area contributed by atoms with E-state index in [0.29, 0.717) is 42.2 Å². The molecule has 24 heavy (non-hydrogen) atoms. The van der Waals surface area contributed by atoms with Crippen molar-refractivity contribution in [1.29, 1.82) is 0 Å². The summed E-state index contributed by atoms with van der Waals surface area (Å²) < 4.78 is 11.4. The zero-order chi connectivity index (χ0) is 18.1. The number of Topliss-reactive ketones (excluding diaryl/α,β-unsaturated/α-hetero) is 1. The third-order valence-electron chi connectivity index (χ3n) is 2.89. The van der Waals surface area contributed by atoms with Crippen molar-refractivity contribution >= 4 is 33.3 Å². The number of halogens is 1. The molecule has 0 fully saturated rings. The summed E-state index contributed by atoms with van der Waals surface area (Å²) in [6.45, 7) is 9.35. The first-order valence-electron chi connectivity index (χ1n) is 8.09. The molecule has 0 aromatic heterocycles. The molecule has 0 heterocycles. The van der Waals surface area contributed by atoms with Gasteiger partial charge in [0.2, 0.25) is 5.91 Å². The SMILES string of the molecule is CC(C)COc1ccc(OCC(C)C)c(NC(=O)CC(=O)CBr)c1. The number of ether oxygens (including phenoxy) is 2. The Bertz CT molecular complexity index is 558. The number of benzene rings is 1. The molecular weight excluding hydrogens is 374 g/mol. The number of rotatable bonds is 10. The maximum Gasteiger partial charge on any atom is 0.231 e. The fourth-order valence-electron chi connectivity index (χ4n) is 1.76. The van der Waals surface area contributed by atoms with Gasteiger partial charge in [-0.2, -0.15) is 0 Å². The monoisotopic (exact) mass is 399 g/mol. The van der Waals surface area contributed by atoms with Gasteiger partial charge in [-0.05, 0) is 24.0 Å². The van der Waals surface area contributed by atoms with E-state index >= 15 is 0 Å². The zero-order valence-corrected chi connectivity index (χ0v) is 16.3. The van der Waals surface area contributed by atoms with Gasteiger partial charge < -0.3 is 14.8 Å². The van der Waals surface area contributed by atoms with E-state index in [1.54, 1.807) is 12.1 Å². The highest BCUT2D eigenvalue weighted by atomic mass is 79.9. The predicted molar refractivity (Wildman–Crippen MR) is 99.2 cm³/mol. The van der Waals surface area contributed by atoms with E-state index in [2.05, 4.69) is 35.1 Å². The minimum absolute atomic E-state index is 0.161. The fourth-order valence-corrected chi connectivity index (χ4v) is 1.96. The largest absolute Gasteiger partial charge is 0.493 e. The Balaban J connectivity index is 2.89. The molecule has 1 aromatic rings. The molecule has 0 aliphatic rings. The lowest BCUT2D eigenvalue weighted by Crippen LogP contribution is -2.18. The number of carbonyl (C=O) groups is 2. The second-order valence-corrected chi connectivity index (χ2v) is 7.03. The molecule has 0 bridgehead atoms. The van der Waals surface area contributed by atoms with E-state index in [9.17, 15) is 9.59 Å².